The number of methoxy groups -OCH3 is 2. The lowest BCUT2D eigenvalue weighted by molar-refractivity contribution is 0.251. The fraction of sp³-hybridized carbons (Fsp3) is 0.600. The summed E-state index contributed by atoms with van der Waals surface area (Å²) in [4.78, 5) is 2.47. The number of rotatable bonds is 5. The molecule has 4 nitrogen and oxygen atoms in total. The first kappa shape index (κ1) is 17.1. The van der Waals surface area contributed by atoms with Crippen LogP contribution in [0, 0.1) is 5.92 Å². The zero-order valence-electron chi connectivity index (χ0n) is 12.5. The SMILES string of the molecule is COc1ccc(OC)c(CN2CC(CN)CC2C)c1.Cl. The maximum atomic E-state index is 5.78. The highest BCUT2D eigenvalue weighted by molar-refractivity contribution is 5.85. The van der Waals surface area contributed by atoms with Gasteiger partial charge < -0.3 is 15.2 Å². The van der Waals surface area contributed by atoms with E-state index in [0.29, 0.717) is 12.0 Å². The van der Waals surface area contributed by atoms with E-state index in [-0.39, 0.29) is 12.4 Å². The van der Waals surface area contributed by atoms with Gasteiger partial charge >= 0.3 is 0 Å². The van der Waals surface area contributed by atoms with Crippen LogP contribution in [0.2, 0.25) is 0 Å². The lowest BCUT2D eigenvalue weighted by Gasteiger charge is -2.22. The van der Waals surface area contributed by atoms with E-state index in [9.17, 15) is 0 Å². The molecule has 0 saturated carbocycles. The lowest BCUT2D eigenvalue weighted by Crippen LogP contribution is -2.27. The van der Waals surface area contributed by atoms with Crippen LogP contribution in [0.4, 0.5) is 0 Å². The van der Waals surface area contributed by atoms with Crippen LogP contribution in [0.5, 0.6) is 11.5 Å². The first-order valence-corrected chi connectivity index (χ1v) is 6.83. The van der Waals surface area contributed by atoms with E-state index >= 15 is 0 Å². The van der Waals surface area contributed by atoms with Crippen molar-refractivity contribution in [1.82, 2.24) is 4.90 Å². The Morgan fingerprint density at radius 1 is 1.30 bits per heavy atom. The Bertz CT molecular complexity index is 428. The van der Waals surface area contributed by atoms with Gasteiger partial charge in [0.25, 0.3) is 0 Å². The predicted octanol–water partition coefficient (Wildman–Crippen LogP) is 2.29. The maximum Gasteiger partial charge on any atom is 0.123 e. The summed E-state index contributed by atoms with van der Waals surface area (Å²) in [6.45, 7) is 4.99. The van der Waals surface area contributed by atoms with Crippen molar-refractivity contribution >= 4 is 12.4 Å². The molecular formula is C15H25ClN2O2. The van der Waals surface area contributed by atoms with Gasteiger partial charge in [0.05, 0.1) is 14.2 Å². The van der Waals surface area contributed by atoms with Gasteiger partial charge in [-0.2, -0.15) is 0 Å². The summed E-state index contributed by atoms with van der Waals surface area (Å²) in [5.41, 5.74) is 6.95. The van der Waals surface area contributed by atoms with Crippen molar-refractivity contribution in [3.05, 3.63) is 23.8 Å². The highest BCUT2D eigenvalue weighted by Crippen LogP contribution is 2.29. The molecule has 0 spiro atoms. The van der Waals surface area contributed by atoms with Crippen LogP contribution in [0.1, 0.15) is 18.9 Å². The number of nitrogens with zero attached hydrogens (tertiary/aromatic N) is 1. The van der Waals surface area contributed by atoms with Crippen molar-refractivity contribution in [3.63, 3.8) is 0 Å². The molecule has 0 bridgehead atoms. The first-order valence-electron chi connectivity index (χ1n) is 6.83. The van der Waals surface area contributed by atoms with E-state index in [1.54, 1.807) is 14.2 Å². The van der Waals surface area contributed by atoms with E-state index < -0.39 is 0 Å². The van der Waals surface area contributed by atoms with Crippen LogP contribution >= 0.6 is 12.4 Å². The quantitative estimate of drug-likeness (QED) is 0.906. The van der Waals surface area contributed by atoms with Crippen molar-refractivity contribution in [1.29, 1.82) is 0 Å². The molecule has 1 heterocycles. The van der Waals surface area contributed by atoms with Crippen molar-refractivity contribution < 1.29 is 9.47 Å². The molecule has 2 atom stereocenters. The van der Waals surface area contributed by atoms with Gasteiger partial charge in [-0.1, -0.05) is 0 Å². The van der Waals surface area contributed by atoms with E-state index in [4.69, 9.17) is 15.2 Å². The molecule has 1 aromatic carbocycles. The highest BCUT2D eigenvalue weighted by atomic mass is 35.5. The van der Waals surface area contributed by atoms with Crippen LogP contribution < -0.4 is 15.2 Å². The summed E-state index contributed by atoms with van der Waals surface area (Å²) in [7, 11) is 3.40. The number of benzene rings is 1. The Kier molecular flexibility index (Phi) is 6.59. The zero-order valence-corrected chi connectivity index (χ0v) is 13.3. The molecule has 1 fully saturated rings. The summed E-state index contributed by atoms with van der Waals surface area (Å²) in [5, 5.41) is 0. The van der Waals surface area contributed by atoms with Gasteiger partial charge in [0.15, 0.2) is 0 Å². The second-order valence-corrected chi connectivity index (χ2v) is 5.29. The molecule has 0 radical (unpaired) electrons. The molecule has 2 N–H and O–H groups in total. The molecule has 0 aromatic heterocycles. The second-order valence-electron chi connectivity index (χ2n) is 5.29. The Balaban J connectivity index is 0.00000200. The van der Waals surface area contributed by atoms with E-state index in [1.165, 1.54) is 12.0 Å². The molecule has 1 aromatic rings. The van der Waals surface area contributed by atoms with Crippen molar-refractivity contribution in [2.75, 3.05) is 27.3 Å². The minimum atomic E-state index is 0. The number of nitrogens with two attached hydrogens (primary N) is 1. The summed E-state index contributed by atoms with van der Waals surface area (Å²) in [5.74, 6) is 2.41. The Morgan fingerprint density at radius 2 is 2.05 bits per heavy atom. The summed E-state index contributed by atoms with van der Waals surface area (Å²) >= 11 is 0. The number of hydrogen-bond acceptors (Lipinski definition) is 4. The van der Waals surface area contributed by atoms with Crippen LogP contribution in [0.3, 0.4) is 0 Å². The molecule has 2 unspecified atom stereocenters. The Morgan fingerprint density at radius 3 is 2.60 bits per heavy atom. The monoisotopic (exact) mass is 300 g/mol. The molecule has 2 rings (SSSR count). The van der Waals surface area contributed by atoms with Crippen molar-refractivity contribution in [3.8, 4) is 11.5 Å². The van der Waals surface area contributed by atoms with Crippen molar-refractivity contribution in [2.45, 2.75) is 25.9 Å². The van der Waals surface area contributed by atoms with Gasteiger partial charge in [0.2, 0.25) is 0 Å². The maximum absolute atomic E-state index is 5.78. The first-order chi connectivity index (χ1) is 9.17. The van der Waals surface area contributed by atoms with Gasteiger partial charge in [-0.15, -0.1) is 12.4 Å². The third kappa shape index (κ3) is 3.78. The van der Waals surface area contributed by atoms with Crippen LogP contribution in [-0.2, 0) is 6.54 Å². The number of ether oxygens (including phenoxy) is 2. The van der Waals surface area contributed by atoms with E-state index in [2.05, 4.69) is 17.9 Å². The topological polar surface area (TPSA) is 47.7 Å². The summed E-state index contributed by atoms with van der Waals surface area (Å²) < 4.78 is 10.7. The number of likely N-dealkylation sites (tertiary alicyclic amines) is 1. The molecule has 20 heavy (non-hydrogen) atoms. The fourth-order valence-corrected chi connectivity index (χ4v) is 2.83. The predicted molar refractivity (Wildman–Crippen MR) is 83.8 cm³/mol. The molecule has 1 saturated heterocycles. The molecule has 1 aliphatic rings. The average molecular weight is 301 g/mol. The van der Waals surface area contributed by atoms with Crippen LogP contribution in [0.25, 0.3) is 0 Å². The third-order valence-electron chi connectivity index (χ3n) is 3.98. The molecule has 5 heteroatoms. The molecule has 0 aliphatic carbocycles. The second kappa shape index (κ2) is 7.72. The molecule has 1 aliphatic heterocycles. The van der Waals surface area contributed by atoms with E-state index in [0.717, 1.165) is 31.1 Å². The lowest BCUT2D eigenvalue weighted by atomic mass is 10.1. The van der Waals surface area contributed by atoms with Crippen molar-refractivity contribution in [2.24, 2.45) is 11.7 Å². The Labute approximate surface area is 127 Å². The highest BCUT2D eigenvalue weighted by Gasteiger charge is 2.28. The standard InChI is InChI=1S/C15H24N2O2.ClH/c1-11-6-12(8-16)9-17(11)10-13-7-14(18-2)4-5-15(13)19-3;/h4-5,7,11-12H,6,8-10,16H2,1-3H3;1H. The smallest absolute Gasteiger partial charge is 0.123 e. The number of halogens is 1. The molecule has 114 valence electrons. The van der Waals surface area contributed by atoms with Crippen LogP contribution in [0.15, 0.2) is 18.2 Å². The molecule has 0 amide bonds. The summed E-state index contributed by atoms with van der Waals surface area (Å²) in [6, 6.07) is 6.53. The van der Waals surface area contributed by atoms with Gasteiger partial charge in [-0.3, -0.25) is 4.90 Å². The largest absolute Gasteiger partial charge is 0.497 e. The van der Waals surface area contributed by atoms with Gasteiger partial charge in [-0.05, 0) is 44.0 Å². The number of hydrogen-bond donors (Lipinski definition) is 1. The normalized spacial score (nSPS) is 22.4. The van der Waals surface area contributed by atoms with Gasteiger partial charge in [0, 0.05) is 24.7 Å². The fourth-order valence-electron chi connectivity index (χ4n) is 2.83. The van der Waals surface area contributed by atoms with E-state index in [1.807, 2.05) is 12.1 Å². The zero-order chi connectivity index (χ0) is 13.8. The van der Waals surface area contributed by atoms with Gasteiger partial charge in [0.1, 0.15) is 11.5 Å². The average Bonchev–Trinajstić information content (AvgIpc) is 2.79. The molecular weight excluding hydrogens is 276 g/mol. The van der Waals surface area contributed by atoms with Crippen LogP contribution in [-0.4, -0.2) is 38.3 Å². The minimum absolute atomic E-state index is 0. The Hall–Kier alpha value is -0.970. The van der Waals surface area contributed by atoms with Gasteiger partial charge in [-0.25, -0.2) is 0 Å². The minimum Gasteiger partial charge on any atom is -0.497 e. The summed E-state index contributed by atoms with van der Waals surface area (Å²) in [6.07, 6.45) is 1.18. The third-order valence-corrected chi connectivity index (χ3v) is 3.98.